The number of amides is 2. The van der Waals surface area contributed by atoms with Crippen molar-refractivity contribution in [1.82, 2.24) is 9.88 Å². The van der Waals surface area contributed by atoms with Crippen molar-refractivity contribution >= 4 is 34.4 Å². The van der Waals surface area contributed by atoms with Crippen LogP contribution in [0.15, 0.2) is 48.5 Å². The lowest BCUT2D eigenvalue weighted by Gasteiger charge is -2.38. The third-order valence-electron chi connectivity index (χ3n) is 6.97. The van der Waals surface area contributed by atoms with E-state index in [2.05, 4.69) is 30.0 Å². The maximum Gasteiger partial charge on any atom is 0.306 e. The van der Waals surface area contributed by atoms with Gasteiger partial charge in [-0.05, 0) is 63.9 Å². The molecular weight excluding hydrogens is 508 g/mol. The zero-order valence-corrected chi connectivity index (χ0v) is 23.9. The van der Waals surface area contributed by atoms with Crippen LogP contribution < -0.4 is 15.4 Å². The van der Waals surface area contributed by atoms with E-state index in [4.69, 9.17) is 20.2 Å². The monoisotopic (exact) mass is 546 g/mol. The van der Waals surface area contributed by atoms with Crippen LogP contribution in [-0.4, -0.2) is 66.6 Å². The molecule has 1 saturated heterocycles. The molecule has 2 N–H and O–H groups in total. The van der Waals surface area contributed by atoms with Gasteiger partial charge in [0.1, 0.15) is 16.9 Å². The molecular formula is C31H38N4O5. The van der Waals surface area contributed by atoms with E-state index in [-0.39, 0.29) is 35.8 Å². The number of nitrogens with zero attached hydrogens (tertiary/aromatic N) is 3. The molecule has 0 spiro atoms. The molecule has 0 aliphatic carbocycles. The molecule has 0 saturated carbocycles. The fraction of sp³-hybridized carbons (Fsp3) is 0.419. The second kappa shape index (κ2) is 11.9. The highest BCUT2D eigenvalue weighted by Gasteiger charge is 2.35. The normalized spacial score (nSPS) is 14.6. The number of para-hydroxylation sites is 1. The Labute approximate surface area is 235 Å². The Balaban J connectivity index is 1.68. The zero-order valence-electron chi connectivity index (χ0n) is 23.9. The lowest BCUT2D eigenvalue weighted by molar-refractivity contribution is -0.155. The van der Waals surface area contributed by atoms with Crippen LogP contribution >= 0.6 is 0 Å². The Hall–Kier alpha value is -4.14. The average Bonchev–Trinajstić information content (AvgIpc) is 2.91. The summed E-state index contributed by atoms with van der Waals surface area (Å²) in [5.74, 6) is -2.00. The van der Waals surface area contributed by atoms with Gasteiger partial charge in [-0.25, -0.2) is 0 Å². The Morgan fingerprint density at radius 1 is 1.02 bits per heavy atom. The molecule has 2 amide bonds. The number of rotatable bonds is 8. The first kappa shape index (κ1) is 28.9. The standard InChI is InChI=1S/C31H38N4O5/c1-20-9-8-10-21(19-20)34-15-17-35(18-16-34)30(38)23(13-14-25(36)40-31(2,3)4)27-26(29(32)37)28(39-5)22-11-6-7-12-24(22)33-27/h6-12,19,23H,13-18H2,1-5H3,(H2,32,37). The molecule has 2 heterocycles. The predicted octanol–water partition coefficient (Wildman–Crippen LogP) is 4.21. The van der Waals surface area contributed by atoms with Gasteiger partial charge in [-0.15, -0.1) is 0 Å². The number of piperazine rings is 1. The van der Waals surface area contributed by atoms with Crippen LogP contribution in [0.5, 0.6) is 5.75 Å². The van der Waals surface area contributed by atoms with Crippen molar-refractivity contribution in [1.29, 1.82) is 0 Å². The van der Waals surface area contributed by atoms with Gasteiger partial charge in [-0.1, -0.05) is 24.3 Å². The van der Waals surface area contributed by atoms with Gasteiger partial charge in [0.2, 0.25) is 5.91 Å². The Morgan fingerprint density at radius 3 is 2.35 bits per heavy atom. The highest BCUT2D eigenvalue weighted by atomic mass is 16.6. The summed E-state index contributed by atoms with van der Waals surface area (Å²) in [4.78, 5) is 48.4. The van der Waals surface area contributed by atoms with E-state index in [1.54, 1.807) is 37.8 Å². The number of nitrogens with two attached hydrogens (primary N) is 1. The third kappa shape index (κ3) is 6.52. The summed E-state index contributed by atoms with van der Waals surface area (Å²) in [5.41, 5.74) is 8.33. The fourth-order valence-corrected chi connectivity index (χ4v) is 5.16. The SMILES string of the molecule is COc1c(C(N)=O)c(C(CCC(=O)OC(C)(C)C)C(=O)N2CCN(c3cccc(C)c3)CC2)nc2ccccc12. The predicted molar refractivity (Wildman–Crippen MR) is 155 cm³/mol. The van der Waals surface area contributed by atoms with Gasteiger partial charge in [0, 0.05) is 43.7 Å². The van der Waals surface area contributed by atoms with Crippen LogP contribution in [-0.2, 0) is 14.3 Å². The second-order valence-electron chi connectivity index (χ2n) is 11.1. The molecule has 4 rings (SSSR count). The summed E-state index contributed by atoms with van der Waals surface area (Å²) >= 11 is 0. The van der Waals surface area contributed by atoms with E-state index in [0.717, 1.165) is 5.69 Å². The van der Waals surface area contributed by atoms with Crippen LogP contribution in [0.2, 0.25) is 0 Å². The number of aromatic nitrogens is 1. The minimum absolute atomic E-state index is 0.0219. The van der Waals surface area contributed by atoms with Crippen molar-refractivity contribution in [3.8, 4) is 5.75 Å². The number of ether oxygens (including phenoxy) is 2. The van der Waals surface area contributed by atoms with Gasteiger partial charge in [0.15, 0.2) is 0 Å². The van der Waals surface area contributed by atoms with E-state index in [0.29, 0.717) is 37.1 Å². The molecule has 1 aliphatic rings. The van der Waals surface area contributed by atoms with Gasteiger partial charge in [-0.3, -0.25) is 19.4 Å². The highest BCUT2D eigenvalue weighted by Crippen LogP contribution is 2.36. The van der Waals surface area contributed by atoms with Crippen molar-refractivity contribution < 1.29 is 23.9 Å². The molecule has 40 heavy (non-hydrogen) atoms. The first-order chi connectivity index (χ1) is 19.0. The zero-order chi connectivity index (χ0) is 29.0. The van der Waals surface area contributed by atoms with Gasteiger partial charge >= 0.3 is 5.97 Å². The molecule has 9 heteroatoms. The number of primary amides is 1. The molecule has 1 fully saturated rings. The highest BCUT2D eigenvalue weighted by molar-refractivity contribution is 6.04. The summed E-state index contributed by atoms with van der Waals surface area (Å²) < 4.78 is 11.1. The number of pyridine rings is 1. The van der Waals surface area contributed by atoms with Gasteiger partial charge < -0.3 is 25.0 Å². The first-order valence-electron chi connectivity index (χ1n) is 13.6. The van der Waals surface area contributed by atoms with Crippen molar-refractivity contribution in [2.24, 2.45) is 5.73 Å². The number of benzene rings is 2. The van der Waals surface area contributed by atoms with Crippen molar-refractivity contribution in [3.63, 3.8) is 0 Å². The minimum Gasteiger partial charge on any atom is -0.495 e. The van der Waals surface area contributed by atoms with E-state index in [9.17, 15) is 14.4 Å². The van der Waals surface area contributed by atoms with Gasteiger partial charge in [0.25, 0.3) is 5.91 Å². The molecule has 2 aromatic carbocycles. The molecule has 212 valence electrons. The molecule has 3 aromatic rings. The quantitative estimate of drug-likeness (QED) is 0.421. The topological polar surface area (TPSA) is 115 Å². The summed E-state index contributed by atoms with van der Waals surface area (Å²) in [5, 5.41) is 0.618. The Morgan fingerprint density at radius 2 is 1.73 bits per heavy atom. The van der Waals surface area contributed by atoms with Crippen LogP contribution in [0.4, 0.5) is 5.69 Å². The minimum atomic E-state index is -0.890. The van der Waals surface area contributed by atoms with Crippen LogP contribution in [0, 0.1) is 6.92 Å². The van der Waals surface area contributed by atoms with Gasteiger partial charge in [0.05, 0.1) is 24.2 Å². The summed E-state index contributed by atoms with van der Waals surface area (Å²) in [6, 6.07) is 15.5. The molecule has 1 atom stereocenters. The van der Waals surface area contributed by atoms with E-state index in [1.807, 2.05) is 18.2 Å². The molecule has 0 radical (unpaired) electrons. The number of hydrogen-bond donors (Lipinski definition) is 1. The smallest absolute Gasteiger partial charge is 0.306 e. The average molecular weight is 547 g/mol. The Bertz CT molecular complexity index is 1410. The summed E-state index contributed by atoms with van der Waals surface area (Å²) in [7, 11) is 1.46. The third-order valence-corrected chi connectivity index (χ3v) is 6.97. The number of hydrogen-bond acceptors (Lipinski definition) is 7. The summed E-state index contributed by atoms with van der Waals surface area (Å²) in [6.45, 7) is 9.74. The number of esters is 1. The van der Waals surface area contributed by atoms with Crippen molar-refractivity contribution in [2.75, 3.05) is 38.2 Å². The van der Waals surface area contributed by atoms with E-state index < -0.39 is 23.4 Å². The number of fused-ring (bicyclic) bond motifs is 1. The maximum atomic E-state index is 14.1. The van der Waals surface area contributed by atoms with Crippen LogP contribution in [0.3, 0.4) is 0 Å². The van der Waals surface area contributed by atoms with Crippen molar-refractivity contribution in [2.45, 2.75) is 52.1 Å². The van der Waals surface area contributed by atoms with Gasteiger partial charge in [-0.2, -0.15) is 0 Å². The number of methoxy groups -OCH3 is 1. The van der Waals surface area contributed by atoms with Crippen LogP contribution in [0.25, 0.3) is 10.9 Å². The molecule has 0 bridgehead atoms. The number of carbonyl (C=O) groups excluding carboxylic acids is 3. The number of anilines is 1. The number of carbonyl (C=O) groups is 3. The number of aryl methyl sites for hydroxylation is 1. The second-order valence-corrected chi connectivity index (χ2v) is 11.1. The Kier molecular flexibility index (Phi) is 8.61. The van der Waals surface area contributed by atoms with Crippen molar-refractivity contribution in [3.05, 3.63) is 65.4 Å². The largest absolute Gasteiger partial charge is 0.495 e. The molecule has 1 aliphatic heterocycles. The first-order valence-corrected chi connectivity index (χ1v) is 13.6. The molecule has 1 aromatic heterocycles. The maximum absolute atomic E-state index is 14.1. The van der Waals surface area contributed by atoms with Crippen LogP contribution in [0.1, 0.15) is 61.1 Å². The molecule has 1 unspecified atom stereocenters. The van der Waals surface area contributed by atoms with E-state index >= 15 is 0 Å². The molecule has 9 nitrogen and oxygen atoms in total. The fourth-order valence-electron chi connectivity index (χ4n) is 5.16. The lowest BCUT2D eigenvalue weighted by Crippen LogP contribution is -2.50. The summed E-state index contributed by atoms with van der Waals surface area (Å²) in [6.07, 6.45) is 0.0899. The lowest BCUT2D eigenvalue weighted by atomic mass is 9.91. The van der Waals surface area contributed by atoms with E-state index in [1.165, 1.54) is 12.7 Å².